The van der Waals surface area contributed by atoms with Gasteiger partial charge in [-0.25, -0.2) is 4.68 Å². The molecule has 0 radical (unpaired) electrons. The topological polar surface area (TPSA) is 102 Å². The van der Waals surface area contributed by atoms with E-state index in [4.69, 9.17) is 0 Å². The Morgan fingerprint density at radius 1 is 1.11 bits per heavy atom. The van der Waals surface area contributed by atoms with Crippen LogP contribution in [0.3, 0.4) is 0 Å². The molecule has 142 valence electrons. The summed E-state index contributed by atoms with van der Waals surface area (Å²) in [4.78, 5) is 24.3. The lowest BCUT2D eigenvalue weighted by molar-refractivity contribution is -0.126. The molecule has 1 unspecified atom stereocenters. The minimum absolute atomic E-state index is 0.160. The third-order valence-electron chi connectivity index (χ3n) is 5.31. The van der Waals surface area contributed by atoms with Crippen LogP contribution in [0.1, 0.15) is 51.5 Å². The van der Waals surface area contributed by atoms with E-state index in [0.29, 0.717) is 11.7 Å². The van der Waals surface area contributed by atoms with E-state index in [9.17, 15) is 9.59 Å². The number of carbonyl (C=O) groups excluding carboxylic acids is 2. The molecule has 2 amide bonds. The van der Waals surface area contributed by atoms with Crippen LogP contribution in [-0.4, -0.2) is 38.1 Å². The summed E-state index contributed by atoms with van der Waals surface area (Å²) < 4.78 is 1.86. The number of rotatable bonds is 6. The van der Waals surface area contributed by atoms with Gasteiger partial charge in [-0.2, -0.15) is 0 Å². The number of aromatic nitrogens is 4. The van der Waals surface area contributed by atoms with Gasteiger partial charge in [-0.15, -0.1) is 5.10 Å². The standard InChI is InChI=1S/C19H24N6O2/c1-12(26)20-17(13-4-2-3-5-13)19(27)21-15-8-6-14(7-9-15)18-22-23-24-25(18)16-10-11-16/h6-9,13,16-17H,2-5,10-11H2,1H3,(H,20,26)(H,21,27). The van der Waals surface area contributed by atoms with Crippen LogP contribution in [0.2, 0.25) is 0 Å². The number of tetrazole rings is 1. The van der Waals surface area contributed by atoms with E-state index < -0.39 is 6.04 Å². The molecule has 2 aromatic rings. The molecule has 1 aromatic heterocycles. The maximum absolute atomic E-state index is 12.7. The maximum atomic E-state index is 12.7. The molecule has 2 fully saturated rings. The molecule has 0 saturated heterocycles. The number of amides is 2. The largest absolute Gasteiger partial charge is 0.344 e. The van der Waals surface area contributed by atoms with Crippen LogP contribution >= 0.6 is 0 Å². The van der Waals surface area contributed by atoms with Gasteiger partial charge in [0.1, 0.15) is 6.04 Å². The smallest absolute Gasteiger partial charge is 0.247 e. The molecule has 0 spiro atoms. The number of carbonyl (C=O) groups is 2. The molecule has 2 N–H and O–H groups in total. The first-order valence-electron chi connectivity index (χ1n) is 9.58. The van der Waals surface area contributed by atoms with Crippen molar-refractivity contribution in [3.63, 3.8) is 0 Å². The van der Waals surface area contributed by atoms with Crippen LogP contribution in [0, 0.1) is 5.92 Å². The lowest BCUT2D eigenvalue weighted by Gasteiger charge is -2.23. The molecule has 1 aromatic carbocycles. The van der Waals surface area contributed by atoms with Gasteiger partial charge in [-0.1, -0.05) is 12.8 Å². The van der Waals surface area contributed by atoms with Crippen LogP contribution < -0.4 is 10.6 Å². The summed E-state index contributed by atoms with van der Waals surface area (Å²) in [5.41, 5.74) is 1.61. The second kappa shape index (κ2) is 7.46. The van der Waals surface area contributed by atoms with Crippen molar-refractivity contribution in [2.75, 3.05) is 5.32 Å². The van der Waals surface area contributed by atoms with Crippen molar-refractivity contribution in [3.05, 3.63) is 24.3 Å². The summed E-state index contributed by atoms with van der Waals surface area (Å²) in [5, 5.41) is 17.7. The van der Waals surface area contributed by atoms with Crippen molar-refractivity contribution in [3.8, 4) is 11.4 Å². The molecular formula is C19H24N6O2. The summed E-state index contributed by atoms with van der Waals surface area (Å²) in [6.45, 7) is 1.45. The quantitative estimate of drug-likeness (QED) is 0.815. The molecule has 0 aliphatic heterocycles. The third kappa shape index (κ3) is 3.99. The minimum Gasteiger partial charge on any atom is -0.344 e. The zero-order valence-corrected chi connectivity index (χ0v) is 15.4. The van der Waals surface area contributed by atoms with Crippen molar-refractivity contribution in [2.24, 2.45) is 5.92 Å². The van der Waals surface area contributed by atoms with Crippen LogP contribution in [0.25, 0.3) is 11.4 Å². The summed E-state index contributed by atoms with van der Waals surface area (Å²) in [7, 11) is 0. The second-order valence-corrected chi connectivity index (χ2v) is 7.47. The van der Waals surface area contributed by atoms with E-state index in [1.165, 1.54) is 6.92 Å². The first-order chi connectivity index (χ1) is 13.1. The maximum Gasteiger partial charge on any atom is 0.247 e. The summed E-state index contributed by atoms with van der Waals surface area (Å²) >= 11 is 0. The highest BCUT2D eigenvalue weighted by atomic mass is 16.2. The molecule has 27 heavy (non-hydrogen) atoms. The minimum atomic E-state index is -0.480. The Labute approximate surface area is 157 Å². The molecule has 4 rings (SSSR count). The van der Waals surface area contributed by atoms with Gasteiger partial charge in [-0.05, 0) is 66.3 Å². The third-order valence-corrected chi connectivity index (χ3v) is 5.31. The number of nitrogens with zero attached hydrogens (tertiary/aromatic N) is 4. The van der Waals surface area contributed by atoms with Crippen molar-refractivity contribution in [1.82, 2.24) is 25.5 Å². The van der Waals surface area contributed by atoms with Crippen molar-refractivity contribution < 1.29 is 9.59 Å². The number of hydrogen-bond acceptors (Lipinski definition) is 5. The van der Waals surface area contributed by atoms with Gasteiger partial charge in [0.25, 0.3) is 0 Å². The van der Waals surface area contributed by atoms with Gasteiger partial charge in [-0.3, -0.25) is 9.59 Å². The molecule has 2 saturated carbocycles. The second-order valence-electron chi connectivity index (χ2n) is 7.47. The van der Waals surface area contributed by atoms with E-state index in [-0.39, 0.29) is 17.7 Å². The van der Waals surface area contributed by atoms with E-state index in [1.807, 2.05) is 28.9 Å². The van der Waals surface area contributed by atoms with Gasteiger partial charge >= 0.3 is 0 Å². The number of nitrogens with one attached hydrogen (secondary N) is 2. The van der Waals surface area contributed by atoms with Crippen molar-refractivity contribution in [2.45, 2.75) is 57.5 Å². The Hall–Kier alpha value is -2.77. The van der Waals surface area contributed by atoms with Crippen LogP contribution in [0.5, 0.6) is 0 Å². The summed E-state index contributed by atoms with van der Waals surface area (Å²) in [6.07, 6.45) is 6.38. The van der Waals surface area contributed by atoms with Gasteiger partial charge < -0.3 is 10.6 Å². The van der Waals surface area contributed by atoms with Gasteiger partial charge in [0.05, 0.1) is 6.04 Å². The predicted octanol–water partition coefficient (Wildman–Crippen LogP) is 2.31. The molecule has 8 nitrogen and oxygen atoms in total. The molecule has 1 atom stereocenters. The zero-order valence-electron chi connectivity index (χ0n) is 15.4. The number of benzene rings is 1. The van der Waals surface area contributed by atoms with Crippen LogP contribution in [-0.2, 0) is 9.59 Å². The lowest BCUT2D eigenvalue weighted by atomic mass is 9.97. The highest BCUT2D eigenvalue weighted by Gasteiger charge is 2.31. The highest BCUT2D eigenvalue weighted by molar-refractivity contribution is 5.97. The lowest BCUT2D eigenvalue weighted by Crippen LogP contribution is -2.47. The van der Waals surface area contributed by atoms with Crippen molar-refractivity contribution >= 4 is 17.5 Å². The molecule has 2 aliphatic rings. The first-order valence-corrected chi connectivity index (χ1v) is 9.58. The monoisotopic (exact) mass is 368 g/mol. The Bertz CT molecular complexity index is 821. The normalized spacial score (nSPS) is 18.3. The number of hydrogen-bond donors (Lipinski definition) is 2. The molecular weight excluding hydrogens is 344 g/mol. The Morgan fingerprint density at radius 3 is 2.44 bits per heavy atom. The fourth-order valence-electron chi connectivity index (χ4n) is 3.78. The van der Waals surface area contributed by atoms with E-state index >= 15 is 0 Å². The number of anilines is 1. The fraction of sp³-hybridized carbons (Fsp3) is 0.526. The van der Waals surface area contributed by atoms with Crippen molar-refractivity contribution in [1.29, 1.82) is 0 Å². The Morgan fingerprint density at radius 2 is 1.81 bits per heavy atom. The molecule has 2 aliphatic carbocycles. The van der Waals surface area contributed by atoms with Crippen LogP contribution in [0.15, 0.2) is 24.3 Å². The predicted molar refractivity (Wildman–Crippen MR) is 99.7 cm³/mol. The highest BCUT2D eigenvalue weighted by Crippen LogP contribution is 2.36. The average Bonchev–Trinajstić information content (AvgIpc) is 3.16. The van der Waals surface area contributed by atoms with Crippen LogP contribution in [0.4, 0.5) is 5.69 Å². The fourth-order valence-corrected chi connectivity index (χ4v) is 3.78. The van der Waals surface area contributed by atoms with Gasteiger partial charge in [0.2, 0.25) is 11.8 Å². The first kappa shape index (κ1) is 17.6. The summed E-state index contributed by atoms with van der Waals surface area (Å²) in [6, 6.07) is 7.43. The molecule has 1 heterocycles. The van der Waals surface area contributed by atoms with Gasteiger partial charge in [0, 0.05) is 18.2 Å². The van der Waals surface area contributed by atoms with Gasteiger partial charge in [0.15, 0.2) is 5.82 Å². The Kier molecular flexibility index (Phi) is 4.87. The SMILES string of the molecule is CC(=O)NC(C(=O)Nc1ccc(-c2nnnn2C2CC2)cc1)C1CCCC1. The molecule has 0 bridgehead atoms. The molecule has 8 heteroatoms. The van der Waals surface area contributed by atoms with E-state index in [2.05, 4.69) is 26.2 Å². The summed E-state index contributed by atoms with van der Waals surface area (Å²) in [5.74, 6) is 0.616. The van der Waals surface area contributed by atoms with E-state index in [1.54, 1.807) is 0 Å². The zero-order chi connectivity index (χ0) is 18.8. The van der Waals surface area contributed by atoms with E-state index in [0.717, 1.165) is 49.9 Å². The average molecular weight is 368 g/mol. The Balaban J connectivity index is 1.46.